The minimum absolute atomic E-state index is 0.0187. The molecule has 0 bridgehead atoms. The summed E-state index contributed by atoms with van der Waals surface area (Å²) in [5.74, 6) is 0. The van der Waals surface area contributed by atoms with Gasteiger partial charge in [0.2, 0.25) is 4.38 Å². The van der Waals surface area contributed by atoms with E-state index in [1.165, 1.54) is 11.8 Å². The lowest BCUT2D eigenvalue weighted by molar-refractivity contribution is -0.742. The van der Waals surface area contributed by atoms with E-state index in [0.29, 0.717) is 21.0 Å². The Labute approximate surface area is 170 Å². The van der Waals surface area contributed by atoms with E-state index < -0.39 is 5.09 Å². The van der Waals surface area contributed by atoms with Crippen molar-refractivity contribution in [3.8, 4) is 0 Å². The summed E-state index contributed by atoms with van der Waals surface area (Å²) in [5.41, 5.74) is 0.972. The van der Waals surface area contributed by atoms with E-state index in [-0.39, 0.29) is 11.4 Å². The third-order valence-corrected chi connectivity index (χ3v) is 4.74. The lowest BCUT2D eigenvalue weighted by atomic mass is 10.1. The van der Waals surface area contributed by atoms with Gasteiger partial charge in [0, 0.05) is 29.0 Å². The van der Waals surface area contributed by atoms with E-state index in [9.17, 15) is 0 Å². The number of benzene rings is 1. The Morgan fingerprint density at radius 1 is 1.50 bits per heavy atom. The second-order valence-electron chi connectivity index (χ2n) is 5.19. The molecule has 1 aromatic heterocycles. The molecule has 0 aliphatic rings. The van der Waals surface area contributed by atoms with Crippen LogP contribution in [0.1, 0.15) is 24.7 Å². The fraction of sp³-hybridized carbons (Fsp3) is 0.333. The molecule has 0 aliphatic heterocycles. The number of ether oxygens (including phenoxy) is 1. The highest BCUT2D eigenvalue weighted by Gasteiger charge is 2.20. The van der Waals surface area contributed by atoms with Gasteiger partial charge >= 0.3 is 0 Å². The fourth-order valence-electron chi connectivity index (χ4n) is 1.88. The van der Waals surface area contributed by atoms with Gasteiger partial charge in [-0.05, 0) is 43.8 Å². The van der Waals surface area contributed by atoms with Gasteiger partial charge in [-0.3, -0.25) is 0 Å². The summed E-state index contributed by atoms with van der Waals surface area (Å²) in [6.45, 7) is 4.59. The number of hydrogen-bond acceptors (Lipinski definition) is 6. The molecule has 142 valence electrons. The zero-order chi connectivity index (χ0) is 19.7. The number of rotatable bonds is 5. The number of thiocarbonyl (C=S) groups is 1. The van der Waals surface area contributed by atoms with Crippen molar-refractivity contribution in [1.29, 1.82) is 0 Å². The first-order chi connectivity index (χ1) is 12.2. The molecule has 2 aromatic rings. The number of hydrogen-bond donors (Lipinski definition) is 1. The zero-order valence-corrected chi connectivity index (χ0v) is 17.1. The van der Waals surface area contributed by atoms with Crippen LogP contribution in [0.2, 0.25) is 10.0 Å². The average molecular weight is 438 g/mol. The molecular formula is C15H17Cl2N3O4S2. The Hall–Kier alpha value is -1.55. The highest BCUT2D eigenvalue weighted by molar-refractivity contribution is 8.22. The van der Waals surface area contributed by atoms with E-state index >= 15 is 0 Å². The van der Waals surface area contributed by atoms with Gasteiger partial charge in [0.1, 0.15) is 0 Å². The summed E-state index contributed by atoms with van der Waals surface area (Å²) in [5, 5.41) is 14.9. The van der Waals surface area contributed by atoms with E-state index in [2.05, 4.69) is 4.98 Å². The first kappa shape index (κ1) is 22.5. The summed E-state index contributed by atoms with van der Waals surface area (Å²) in [6, 6.07) is 5.50. The van der Waals surface area contributed by atoms with E-state index in [0.717, 1.165) is 5.56 Å². The van der Waals surface area contributed by atoms with Crippen molar-refractivity contribution in [3.63, 3.8) is 0 Å². The predicted octanol–water partition coefficient (Wildman–Crippen LogP) is 5.03. The van der Waals surface area contributed by atoms with Crippen molar-refractivity contribution >= 4 is 51.6 Å². The SMILES string of the molecule is CC(C)OC(=S)SC(Cn1ccnc1)c1ccc(Cl)cc1Cl.O=[N+]([O-])O. The van der Waals surface area contributed by atoms with Crippen molar-refractivity contribution < 1.29 is 15.0 Å². The first-order valence-electron chi connectivity index (χ1n) is 7.30. The van der Waals surface area contributed by atoms with Crippen LogP contribution < -0.4 is 0 Å². The van der Waals surface area contributed by atoms with Crippen LogP contribution in [-0.4, -0.2) is 30.3 Å². The molecule has 7 nitrogen and oxygen atoms in total. The summed E-state index contributed by atoms with van der Waals surface area (Å²) in [7, 11) is 0. The molecule has 1 N–H and O–H groups in total. The number of nitrogens with zero attached hydrogens (tertiary/aromatic N) is 3. The van der Waals surface area contributed by atoms with Crippen LogP contribution in [0.3, 0.4) is 0 Å². The second-order valence-corrected chi connectivity index (χ2v) is 7.83. The lowest BCUT2D eigenvalue weighted by Crippen LogP contribution is -2.12. The average Bonchev–Trinajstić information content (AvgIpc) is 2.98. The van der Waals surface area contributed by atoms with Crippen LogP contribution in [0.4, 0.5) is 0 Å². The molecule has 1 aromatic carbocycles. The molecule has 1 unspecified atom stereocenters. The van der Waals surface area contributed by atoms with Crippen molar-refractivity contribution in [3.05, 3.63) is 62.6 Å². The largest absolute Gasteiger partial charge is 0.476 e. The van der Waals surface area contributed by atoms with Crippen LogP contribution in [0.25, 0.3) is 0 Å². The highest BCUT2D eigenvalue weighted by Crippen LogP contribution is 2.37. The van der Waals surface area contributed by atoms with Crippen LogP contribution in [0.5, 0.6) is 0 Å². The lowest BCUT2D eigenvalue weighted by Gasteiger charge is -2.20. The molecule has 0 amide bonds. The molecule has 0 spiro atoms. The van der Waals surface area contributed by atoms with Gasteiger partial charge in [-0.15, -0.1) is 10.1 Å². The first-order valence-corrected chi connectivity index (χ1v) is 9.34. The molecule has 0 fully saturated rings. The van der Waals surface area contributed by atoms with Gasteiger partial charge in [0.15, 0.2) is 0 Å². The predicted molar refractivity (Wildman–Crippen MR) is 107 cm³/mol. The van der Waals surface area contributed by atoms with Crippen LogP contribution in [0, 0.1) is 10.1 Å². The van der Waals surface area contributed by atoms with Crippen molar-refractivity contribution in [2.75, 3.05) is 0 Å². The zero-order valence-electron chi connectivity index (χ0n) is 13.9. The molecule has 1 atom stereocenters. The van der Waals surface area contributed by atoms with Crippen molar-refractivity contribution in [2.45, 2.75) is 31.7 Å². The molecular weight excluding hydrogens is 421 g/mol. The third-order valence-electron chi connectivity index (χ3n) is 2.82. The molecule has 11 heteroatoms. The Kier molecular flexibility index (Phi) is 9.71. The van der Waals surface area contributed by atoms with Gasteiger partial charge in [-0.25, -0.2) is 4.98 Å². The summed E-state index contributed by atoms with van der Waals surface area (Å²) in [6.07, 6.45) is 5.47. The maximum atomic E-state index is 8.36. The molecule has 0 radical (unpaired) electrons. The van der Waals surface area contributed by atoms with Gasteiger partial charge in [-0.1, -0.05) is 41.0 Å². The maximum Gasteiger partial charge on any atom is 0.291 e. The van der Waals surface area contributed by atoms with Crippen LogP contribution >= 0.6 is 47.2 Å². The summed E-state index contributed by atoms with van der Waals surface area (Å²) < 4.78 is 8.08. The third kappa shape index (κ3) is 8.70. The summed E-state index contributed by atoms with van der Waals surface area (Å²) in [4.78, 5) is 12.4. The highest BCUT2D eigenvalue weighted by atomic mass is 35.5. The van der Waals surface area contributed by atoms with Crippen molar-refractivity contribution in [1.82, 2.24) is 9.55 Å². The van der Waals surface area contributed by atoms with Crippen LogP contribution in [0.15, 0.2) is 36.9 Å². The fourth-order valence-corrected chi connectivity index (χ4v) is 4.09. The molecule has 0 aliphatic carbocycles. The Morgan fingerprint density at radius 3 is 2.65 bits per heavy atom. The van der Waals surface area contributed by atoms with E-state index in [1.54, 1.807) is 18.6 Å². The van der Waals surface area contributed by atoms with Gasteiger partial charge < -0.3 is 14.5 Å². The molecule has 1 heterocycles. The van der Waals surface area contributed by atoms with Crippen molar-refractivity contribution in [2.24, 2.45) is 0 Å². The Morgan fingerprint density at radius 2 is 2.15 bits per heavy atom. The van der Waals surface area contributed by atoms with Gasteiger partial charge in [-0.2, -0.15) is 0 Å². The molecule has 2 rings (SSSR count). The van der Waals surface area contributed by atoms with E-state index in [4.69, 9.17) is 55.5 Å². The molecule has 26 heavy (non-hydrogen) atoms. The normalized spacial score (nSPS) is 11.4. The van der Waals surface area contributed by atoms with Crippen LogP contribution in [-0.2, 0) is 11.3 Å². The Bertz CT molecular complexity index is 726. The van der Waals surface area contributed by atoms with E-state index in [1.807, 2.05) is 36.7 Å². The number of halogens is 2. The number of aromatic nitrogens is 2. The quantitative estimate of drug-likeness (QED) is 0.398. The minimum atomic E-state index is -1.50. The number of thioether (sulfide) groups is 1. The molecule has 0 saturated carbocycles. The maximum absolute atomic E-state index is 8.36. The topological polar surface area (TPSA) is 90.4 Å². The molecule has 0 saturated heterocycles. The monoisotopic (exact) mass is 437 g/mol. The summed E-state index contributed by atoms with van der Waals surface area (Å²) >= 11 is 19.1. The second kappa shape index (κ2) is 11.2. The Balaban J connectivity index is 0.000000765. The van der Waals surface area contributed by atoms with Gasteiger partial charge in [0.25, 0.3) is 5.09 Å². The van der Waals surface area contributed by atoms with Gasteiger partial charge in [0.05, 0.1) is 17.7 Å². The number of imidazole rings is 1. The smallest absolute Gasteiger partial charge is 0.291 e. The standard InChI is InChI=1S/C15H16Cl2N2OS2.HNO3/c1-10(2)20-15(21)22-14(8-19-6-5-18-9-19)12-4-3-11(16)7-13(12)17;2-1(3)4/h3-7,9-10,14H,8H2,1-2H3;(H,2,3,4). The minimum Gasteiger partial charge on any atom is -0.476 e.